The van der Waals surface area contributed by atoms with Crippen LogP contribution in [0.3, 0.4) is 0 Å². The van der Waals surface area contributed by atoms with Crippen LogP contribution in [0.5, 0.6) is 0 Å². The van der Waals surface area contributed by atoms with Crippen molar-refractivity contribution < 1.29 is 30.0 Å². The van der Waals surface area contributed by atoms with Gasteiger partial charge in [-0.05, 0) is 0 Å². The molecule has 0 amide bonds. The molecule has 0 fully saturated rings. The highest BCUT2D eigenvalue weighted by Gasteiger charge is 2.29. The Labute approximate surface area is 68.1 Å². The molecule has 0 aromatic rings. The number of Topliss-reactive ketones (excluding diaryl/α,β-unsaturated/α-hetero) is 1. The summed E-state index contributed by atoms with van der Waals surface area (Å²) in [5.41, 5.74) is 0. The van der Waals surface area contributed by atoms with E-state index < -0.39 is 30.7 Å². The number of aliphatic hydroxyl groups excluding tert-OH is 4. The quantitative estimate of drug-likeness (QED) is 0.261. The van der Waals surface area contributed by atoms with Crippen molar-refractivity contribution in [3.8, 4) is 0 Å². The third-order valence-corrected chi connectivity index (χ3v) is 1.31. The van der Waals surface area contributed by atoms with Gasteiger partial charge in [0.1, 0.15) is 18.3 Å². The third-order valence-electron chi connectivity index (χ3n) is 1.31. The molecule has 0 radical (unpaired) electrons. The largest absolute Gasteiger partial charge is 0.394 e. The summed E-state index contributed by atoms with van der Waals surface area (Å²) < 4.78 is 0. The molecule has 4 N–H and O–H groups in total. The van der Waals surface area contributed by atoms with Gasteiger partial charge in [0.2, 0.25) is 5.78 Å². The Kier molecular flexibility index (Phi) is 4.60. The molecule has 0 spiro atoms. The second-order valence-corrected chi connectivity index (χ2v) is 2.21. The molecule has 0 rings (SSSR count). The van der Waals surface area contributed by atoms with Crippen LogP contribution in [0.4, 0.5) is 0 Å². The summed E-state index contributed by atoms with van der Waals surface area (Å²) in [5.74, 6) is -1.24. The Morgan fingerprint density at radius 2 is 1.83 bits per heavy atom. The Hall–Kier alpha value is -0.820. The van der Waals surface area contributed by atoms with Crippen LogP contribution in [0.2, 0.25) is 0 Å². The molecule has 0 unspecified atom stereocenters. The van der Waals surface area contributed by atoms with E-state index in [1.807, 2.05) is 0 Å². The maximum atomic E-state index is 10.4. The lowest BCUT2D eigenvalue weighted by Crippen LogP contribution is -2.44. The highest BCUT2D eigenvalue weighted by Crippen LogP contribution is 1.99. The first kappa shape index (κ1) is 11.2. The molecule has 0 heterocycles. The number of aliphatic hydroxyl groups is 4. The first-order chi connectivity index (χ1) is 5.54. The molecule has 0 saturated carbocycles. The smallest absolute Gasteiger partial charge is 0.226 e. The molecule has 12 heavy (non-hydrogen) atoms. The van der Waals surface area contributed by atoms with E-state index >= 15 is 0 Å². The van der Waals surface area contributed by atoms with Crippen molar-refractivity contribution in [3.63, 3.8) is 0 Å². The summed E-state index contributed by atoms with van der Waals surface area (Å²) in [4.78, 5) is 20.2. The zero-order valence-electron chi connectivity index (χ0n) is 6.12. The Balaban J connectivity index is 4.17. The minimum Gasteiger partial charge on any atom is -0.394 e. The van der Waals surface area contributed by atoms with E-state index in [-0.39, 0.29) is 6.29 Å². The van der Waals surface area contributed by atoms with Crippen molar-refractivity contribution in [1.82, 2.24) is 0 Å². The van der Waals surface area contributed by atoms with E-state index in [0.29, 0.717) is 0 Å². The van der Waals surface area contributed by atoms with Gasteiger partial charge < -0.3 is 20.4 Å². The van der Waals surface area contributed by atoms with Crippen LogP contribution in [0.15, 0.2) is 0 Å². The zero-order valence-corrected chi connectivity index (χ0v) is 6.12. The fourth-order valence-corrected chi connectivity index (χ4v) is 0.556. The maximum Gasteiger partial charge on any atom is 0.226 e. The van der Waals surface area contributed by atoms with E-state index in [1.54, 1.807) is 0 Å². The first-order valence-corrected chi connectivity index (χ1v) is 3.18. The Bertz CT molecular complexity index is 167. The van der Waals surface area contributed by atoms with Crippen molar-refractivity contribution in [3.05, 3.63) is 0 Å². The van der Waals surface area contributed by atoms with Crippen molar-refractivity contribution in [2.45, 2.75) is 18.3 Å². The second-order valence-electron chi connectivity index (χ2n) is 2.21. The molecule has 0 aliphatic rings. The lowest BCUT2D eigenvalue weighted by atomic mass is 10.1. The lowest BCUT2D eigenvalue weighted by molar-refractivity contribution is -0.145. The van der Waals surface area contributed by atoms with Crippen LogP contribution in [-0.2, 0) is 9.59 Å². The van der Waals surface area contributed by atoms with Gasteiger partial charge in [0.05, 0.1) is 6.61 Å². The number of rotatable bonds is 5. The second kappa shape index (κ2) is 4.94. The van der Waals surface area contributed by atoms with Gasteiger partial charge in [-0.1, -0.05) is 0 Å². The van der Waals surface area contributed by atoms with Crippen LogP contribution in [0, 0.1) is 0 Å². The number of ketones is 1. The van der Waals surface area contributed by atoms with Crippen LogP contribution in [0.1, 0.15) is 0 Å². The third kappa shape index (κ3) is 2.67. The standard InChI is InChI=1S/C6H10O6/c7-1-3(9)5(11)6(12)4(10)2-8/h1,4-6,8,10-12H,2H2/t4-,5-,6-/m0/s1. The minimum absolute atomic E-state index is 0.169. The number of carbonyl (C=O) groups excluding carboxylic acids is 2. The summed E-state index contributed by atoms with van der Waals surface area (Å²) >= 11 is 0. The predicted octanol–water partition coefficient (Wildman–Crippen LogP) is -3.17. The van der Waals surface area contributed by atoms with Crippen molar-refractivity contribution >= 4 is 12.1 Å². The molecule has 0 bridgehead atoms. The first-order valence-electron chi connectivity index (χ1n) is 3.18. The zero-order chi connectivity index (χ0) is 9.72. The van der Waals surface area contributed by atoms with E-state index in [1.165, 1.54) is 0 Å². The van der Waals surface area contributed by atoms with Crippen LogP contribution in [-0.4, -0.2) is 57.4 Å². The average molecular weight is 178 g/mol. The van der Waals surface area contributed by atoms with Crippen molar-refractivity contribution in [2.75, 3.05) is 6.61 Å². The number of carbonyl (C=O) groups is 2. The summed E-state index contributed by atoms with van der Waals surface area (Å²) in [6, 6.07) is 0. The minimum atomic E-state index is -1.98. The molecule has 0 saturated heterocycles. The monoisotopic (exact) mass is 178 g/mol. The molecule has 0 aliphatic heterocycles. The Morgan fingerprint density at radius 1 is 1.33 bits per heavy atom. The average Bonchev–Trinajstić information content (AvgIpc) is 2.12. The Morgan fingerprint density at radius 3 is 2.17 bits per heavy atom. The molecular formula is C6H10O6. The summed E-state index contributed by atoms with van der Waals surface area (Å²) in [7, 11) is 0. The van der Waals surface area contributed by atoms with Gasteiger partial charge in [-0.3, -0.25) is 9.59 Å². The molecule has 0 aromatic carbocycles. The topological polar surface area (TPSA) is 115 Å². The molecule has 70 valence electrons. The van der Waals surface area contributed by atoms with Crippen LogP contribution >= 0.6 is 0 Å². The van der Waals surface area contributed by atoms with Gasteiger partial charge in [-0.25, -0.2) is 0 Å². The SMILES string of the molecule is O=CC(=O)[C@H](O)[C@@H](O)[C@@H](O)CO. The summed E-state index contributed by atoms with van der Waals surface area (Å²) in [6.45, 7) is -0.801. The van der Waals surface area contributed by atoms with Crippen molar-refractivity contribution in [1.29, 1.82) is 0 Å². The van der Waals surface area contributed by atoms with E-state index in [0.717, 1.165) is 0 Å². The van der Waals surface area contributed by atoms with Gasteiger partial charge in [0.25, 0.3) is 0 Å². The van der Waals surface area contributed by atoms with Crippen LogP contribution < -0.4 is 0 Å². The highest BCUT2D eigenvalue weighted by molar-refractivity contribution is 6.27. The fraction of sp³-hybridized carbons (Fsp3) is 0.667. The van der Waals surface area contributed by atoms with Gasteiger partial charge >= 0.3 is 0 Å². The van der Waals surface area contributed by atoms with E-state index in [9.17, 15) is 9.59 Å². The summed E-state index contributed by atoms with van der Waals surface area (Å²) in [5, 5.41) is 34.6. The van der Waals surface area contributed by atoms with E-state index in [4.69, 9.17) is 20.4 Å². The number of hydrogen-bond acceptors (Lipinski definition) is 6. The van der Waals surface area contributed by atoms with Crippen molar-refractivity contribution in [2.24, 2.45) is 0 Å². The van der Waals surface area contributed by atoms with Gasteiger partial charge in [0, 0.05) is 0 Å². The molecule has 0 aliphatic carbocycles. The molecule has 6 heteroatoms. The molecule has 6 nitrogen and oxygen atoms in total. The number of aldehydes is 1. The molecular weight excluding hydrogens is 168 g/mol. The van der Waals surface area contributed by atoms with Crippen LogP contribution in [0.25, 0.3) is 0 Å². The summed E-state index contributed by atoms with van der Waals surface area (Å²) in [6.07, 6.45) is -5.63. The maximum absolute atomic E-state index is 10.4. The van der Waals surface area contributed by atoms with E-state index in [2.05, 4.69) is 0 Å². The van der Waals surface area contributed by atoms with Gasteiger partial charge in [-0.15, -0.1) is 0 Å². The highest BCUT2D eigenvalue weighted by atomic mass is 16.4. The lowest BCUT2D eigenvalue weighted by Gasteiger charge is -2.18. The molecule has 0 aromatic heterocycles. The molecule has 3 atom stereocenters. The predicted molar refractivity (Wildman–Crippen MR) is 36.2 cm³/mol. The van der Waals surface area contributed by atoms with Gasteiger partial charge in [-0.2, -0.15) is 0 Å². The normalized spacial score (nSPS) is 18.0. The van der Waals surface area contributed by atoms with Gasteiger partial charge in [0.15, 0.2) is 6.29 Å². The number of hydrogen-bond donors (Lipinski definition) is 4. The fourth-order valence-electron chi connectivity index (χ4n) is 0.556.